The monoisotopic (exact) mass is 309 g/mol. The van der Waals surface area contributed by atoms with Crippen molar-refractivity contribution in [2.24, 2.45) is 0 Å². The number of aryl methyl sites for hydroxylation is 1. The van der Waals surface area contributed by atoms with Gasteiger partial charge in [0.05, 0.1) is 15.5 Å². The molecule has 18 heavy (non-hydrogen) atoms. The molecule has 0 radical (unpaired) electrons. The molecule has 0 atom stereocenters. The average Bonchev–Trinajstić information content (AvgIpc) is 2.34. The zero-order chi connectivity index (χ0) is 13.1. The van der Waals surface area contributed by atoms with Crippen molar-refractivity contribution in [1.82, 2.24) is 9.97 Å². The number of hydrogen-bond acceptors (Lipinski definition) is 5. The summed E-state index contributed by atoms with van der Waals surface area (Å²) in [7, 11) is 0. The summed E-state index contributed by atoms with van der Waals surface area (Å²) in [6, 6.07) is 4.73. The molecule has 1 heterocycles. The molecule has 1 aromatic carbocycles. The molecule has 0 bridgehead atoms. The standard InChI is InChI=1S/C11H8BrN3O3/c1-7-2-3-9(4-10(7)15(16)17)18-11-13-5-8(12)6-14-11/h2-6H,1H3. The quantitative estimate of drug-likeness (QED) is 0.642. The zero-order valence-electron chi connectivity index (χ0n) is 9.33. The predicted octanol–water partition coefficient (Wildman–Crippen LogP) is 3.25. The molecule has 2 rings (SSSR count). The van der Waals surface area contributed by atoms with E-state index in [1.807, 2.05) is 0 Å². The van der Waals surface area contributed by atoms with Gasteiger partial charge in [-0.3, -0.25) is 10.1 Å². The number of aromatic nitrogens is 2. The van der Waals surface area contributed by atoms with E-state index >= 15 is 0 Å². The number of halogens is 1. The van der Waals surface area contributed by atoms with Gasteiger partial charge in [0.1, 0.15) is 5.75 Å². The van der Waals surface area contributed by atoms with E-state index in [1.54, 1.807) is 19.1 Å². The first-order valence-corrected chi connectivity index (χ1v) is 5.76. The summed E-state index contributed by atoms with van der Waals surface area (Å²) in [5.41, 5.74) is 0.577. The Morgan fingerprint density at radius 3 is 2.61 bits per heavy atom. The molecule has 0 saturated carbocycles. The van der Waals surface area contributed by atoms with E-state index in [9.17, 15) is 10.1 Å². The Kier molecular flexibility index (Phi) is 3.52. The second-order valence-electron chi connectivity index (χ2n) is 3.49. The lowest BCUT2D eigenvalue weighted by molar-refractivity contribution is -0.385. The lowest BCUT2D eigenvalue weighted by atomic mass is 10.2. The van der Waals surface area contributed by atoms with Crippen LogP contribution in [-0.4, -0.2) is 14.9 Å². The number of rotatable bonds is 3. The molecule has 0 unspecified atom stereocenters. The molecule has 0 fully saturated rings. The van der Waals surface area contributed by atoms with Crippen LogP contribution in [0.3, 0.4) is 0 Å². The van der Waals surface area contributed by atoms with Crippen LogP contribution in [-0.2, 0) is 0 Å². The first-order chi connectivity index (χ1) is 8.56. The van der Waals surface area contributed by atoms with Gasteiger partial charge >= 0.3 is 6.01 Å². The maximum atomic E-state index is 10.8. The molecule has 0 N–H and O–H groups in total. The normalized spacial score (nSPS) is 10.1. The number of nitrogens with zero attached hydrogens (tertiary/aromatic N) is 3. The van der Waals surface area contributed by atoms with Gasteiger partial charge in [-0.25, -0.2) is 9.97 Å². The summed E-state index contributed by atoms with van der Waals surface area (Å²) in [5, 5.41) is 10.8. The maximum absolute atomic E-state index is 10.8. The highest BCUT2D eigenvalue weighted by Gasteiger charge is 2.12. The van der Waals surface area contributed by atoms with Crippen LogP contribution < -0.4 is 4.74 Å². The summed E-state index contributed by atoms with van der Waals surface area (Å²) < 4.78 is 6.06. The molecule has 2 aromatic rings. The van der Waals surface area contributed by atoms with E-state index in [0.717, 1.165) is 4.47 Å². The summed E-state index contributed by atoms with van der Waals surface area (Å²) >= 11 is 3.20. The second-order valence-corrected chi connectivity index (χ2v) is 4.41. The van der Waals surface area contributed by atoms with Crippen molar-refractivity contribution in [3.63, 3.8) is 0 Å². The molecule has 6 nitrogen and oxygen atoms in total. The molecule has 0 aliphatic heterocycles. The minimum atomic E-state index is -0.454. The van der Waals surface area contributed by atoms with Crippen molar-refractivity contribution in [1.29, 1.82) is 0 Å². The number of hydrogen-bond donors (Lipinski definition) is 0. The smallest absolute Gasteiger partial charge is 0.321 e. The van der Waals surface area contributed by atoms with Gasteiger partial charge in [-0.2, -0.15) is 0 Å². The molecular weight excluding hydrogens is 302 g/mol. The molecule has 1 aromatic heterocycles. The van der Waals surface area contributed by atoms with Gasteiger partial charge in [0.25, 0.3) is 5.69 Å². The van der Waals surface area contributed by atoms with Gasteiger partial charge in [0.15, 0.2) is 0 Å². The summed E-state index contributed by atoms with van der Waals surface area (Å²) in [4.78, 5) is 18.2. The third kappa shape index (κ3) is 2.80. The van der Waals surface area contributed by atoms with Crippen LogP contribution >= 0.6 is 15.9 Å². The second kappa shape index (κ2) is 5.09. The van der Waals surface area contributed by atoms with Gasteiger partial charge in [-0.15, -0.1) is 0 Å². The van der Waals surface area contributed by atoms with Crippen molar-refractivity contribution in [2.75, 3.05) is 0 Å². The van der Waals surface area contributed by atoms with E-state index < -0.39 is 4.92 Å². The van der Waals surface area contributed by atoms with Gasteiger partial charge in [0.2, 0.25) is 0 Å². The Hall–Kier alpha value is -2.02. The van der Waals surface area contributed by atoms with Crippen molar-refractivity contribution in [3.8, 4) is 11.8 Å². The van der Waals surface area contributed by atoms with Crippen LogP contribution in [0.4, 0.5) is 5.69 Å². The van der Waals surface area contributed by atoms with Crippen LogP contribution in [0.2, 0.25) is 0 Å². The third-order valence-electron chi connectivity index (χ3n) is 2.18. The fraction of sp³-hybridized carbons (Fsp3) is 0.0909. The third-order valence-corrected chi connectivity index (χ3v) is 2.59. The van der Waals surface area contributed by atoms with E-state index in [2.05, 4.69) is 25.9 Å². The van der Waals surface area contributed by atoms with Crippen LogP contribution in [0.1, 0.15) is 5.56 Å². The van der Waals surface area contributed by atoms with Crippen LogP contribution in [0.25, 0.3) is 0 Å². The van der Waals surface area contributed by atoms with Crippen molar-refractivity contribution in [2.45, 2.75) is 6.92 Å². The summed E-state index contributed by atoms with van der Waals surface area (Å²) in [6.45, 7) is 1.66. The van der Waals surface area contributed by atoms with Crippen molar-refractivity contribution in [3.05, 3.63) is 50.7 Å². The van der Waals surface area contributed by atoms with E-state index in [-0.39, 0.29) is 11.7 Å². The van der Waals surface area contributed by atoms with Crippen LogP contribution in [0.5, 0.6) is 11.8 Å². The highest BCUT2D eigenvalue weighted by atomic mass is 79.9. The summed E-state index contributed by atoms with van der Waals surface area (Å²) in [6.07, 6.45) is 3.07. The molecule has 0 aliphatic rings. The van der Waals surface area contributed by atoms with E-state index in [4.69, 9.17) is 4.74 Å². The zero-order valence-corrected chi connectivity index (χ0v) is 10.9. The SMILES string of the molecule is Cc1ccc(Oc2ncc(Br)cn2)cc1[N+](=O)[O-]. The van der Waals surface area contributed by atoms with Crippen molar-refractivity contribution >= 4 is 21.6 Å². The first kappa shape index (κ1) is 12.4. The topological polar surface area (TPSA) is 78.2 Å². The maximum Gasteiger partial charge on any atom is 0.321 e. The Morgan fingerprint density at radius 2 is 2.00 bits per heavy atom. The minimum Gasteiger partial charge on any atom is -0.424 e. The Labute approximate surface area is 111 Å². The highest BCUT2D eigenvalue weighted by Crippen LogP contribution is 2.26. The van der Waals surface area contributed by atoms with Gasteiger partial charge in [-0.1, -0.05) is 0 Å². The predicted molar refractivity (Wildman–Crippen MR) is 67.6 cm³/mol. The molecule has 0 amide bonds. The van der Waals surface area contributed by atoms with Crippen LogP contribution in [0, 0.1) is 17.0 Å². The van der Waals surface area contributed by atoms with Gasteiger partial charge in [0, 0.05) is 18.0 Å². The highest BCUT2D eigenvalue weighted by molar-refractivity contribution is 9.10. The Bertz CT molecular complexity index is 587. The van der Waals surface area contributed by atoms with E-state index in [0.29, 0.717) is 11.3 Å². The molecule has 92 valence electrons. The lowest BCUT2D eigenvalue weighted by Crippen LogP contribution is -1.94. The molecular formula is C11H8BrN3O3. The van der Waals surface area contributed by atoms with Gasteiger partial charge in [-0.05, 0) is 35.0 Å². The van der Waals surface area contributed by atoms with E-state index in [1.165, 1.54) is 18.5 Å². The average molecular weight is 310 g/mol. The summed E-state index contributed by atoms with van der Waals surface area (Å²) in [5.74, 6) is 0.328. The first-order valence-electron chi connectivity index (χ1n) is 4.96. The lowest BCUT2D eigenvalue weighted by Gasteiger charge is -2.04. The Morgan fingerprint density at radius 1 is 1.33 bits per heavy atom. The Balaban J connectivity index is 2.27. The van der Waals surface area contributed by atoms with Crippen LogP contribution in [0.15, 0.2) is 35.1 Å². The number of nitro benzene ring substituents is 1. The van der Waals surface area contributed by atoms with Gasteiger partial charge < -0.3 is 4.74 Å². The fourth-order valence-electron chi connectivity index (χ4n) is 1.31. The molecule has 0 saturated heterocycles. The minimum absolute atomic E-state index is 0.00427. The fourth-order valence-corrected chi connectivity index (χ4v) is 1.51. The van der Waals surface area contributed by atoms with Crippen molar-refractivity contribution < 1.29 is 9.66 Å². The molecule has 0 aliphatic carbocycles. The number of ether oxygens (including phenoxy) is 1. The largest absolute Gasteiger partial charge is 0.424 e. The number of benzene rings is 1. The molecule has 7 heteroatoms. The molecule has 0 spiro atoms. The number of nitro groups is 1.